The van der Waals surface area contributed by atoms with Crippen LogP contribution in [0.25, 0.3) is 11.3 Å². The van der Waals surface area contributed by atoms with Gasteiger partial charge in [-0.05, 0) is 49.4 Å². The van der Waals surface area contributed by atoms with Crippen molar-refractivity contribution >= 4 is 17.4 Å². The quantitative estimate of drug-likeness (QED) is 0.573. The standard InChI is InChI=1S/C24H23F3N4O3/c1-16(34-20-7-3-5-18(15-20)24(25,26)27)23(32)28-19-6-2-4-17(14-19)21-8-9-22(30-29-21)31-10-12-33-13-11-31/h2-9,14-16H,10-13H2,1H3,(H,28,32). The molecule has 0 spiro atoms. The van der Waals surface area contributed by atoms with E-state index >= 15 is 0 Å². The van der Waals surface area contributed by atoms with Gasteiger partial charge in [0.2, 0.25) is 0 Å². The number of carbonyl (C=O) groups is 1. The summed E-state index contributed by atoms with van der Waals surface area (Å²) in [5.74, 6) is 0.238. The Labute approximate surface area is 194 Å². The third-order valence-corrected chi connectivity index (χ3v) is 5.25. The molecule has 0 saturated carbocycles. The Kier molecular flexibility index (Phi) is 6.97. The lowest BCUT2D eigenvalue weighted by Gasteiger charge is -2.27. The van der Waals surface area contributed by atoms with Crippen molar-refractivity contribution < 1.29 is 27.4 Å². The van der Waals surface area contributed by atoms with Crippen molar-refractivity contribution in [2.24, 2.45) is 0 Å². The average molecular weight is 472 g/mol. The second kappa shape index (κ2) is 10.1. The number of hydrogen-bond acceptors (Lipinski definition) is 6. The molecule has 0 bridgehead atoms. The topological polar surface area (TPSA) is 76.6 Å². The van der Waals surface area contributed by atoms with Crippen LogP contribution in [-0.2, 0) is 15.7 Å². The minimum atomic E-state index is -4.49. The molecular formula is C24H23F3N4O3. The minimum absolute atomic E-state index is 0.0399. The number of carbonyl (C=O) groups excluding carboxylic acids is 1. The number of alkyl halides is 3. The summed E-state index contributed by atoms with van der Waals surface area (Å²) in [4.78, 5) is 14.7. The highest BCUT2D eigenvalue weighted by molar-refractivity contribution is 5.94. The molecule has 178 valence electrons. The van der Waals surface area contributed by atoms with Gasteiger partial charge >= 0.3 is 6.18 Å². The van der Waals surface area contributed by atoms with E-state index in [-0.39, 0.29) is 5.75 Å². The highest BCUT2D eigenvalue weighted by Crippen LogP contribution is 2.31. The van der Waals surface area contributed by atoms with Crippen LogP contribution in [0.1, 0.15) is 12.5 Å². The summed E-state index contributed by atoms with van der Waals surface area (Å²) in [6.07, 6.45) is -5.51. The second-order valence-corrected chi connectivity index (χ2v) is 7.73. The van der Waals surface area contributed by atoms with Crippen LogP contribution < -0.4 is 15.0 Å². The molecule has 34 heavy (non-hydrogen) atoms. The Balaban J connectivity index is 1.40. The molecule has 7 nitrogen and oxygen atoms in total. The molecule has 1 aliphatic rings. The van der Waals surface area contributed by atoms with Gasteiger partial charge in [-0.15, -0.1) is 10.2 Å². The number of hydrogen-bond donors (Lipinski definition) is 1. The molecule has 1 saturated heterocycles. The van der Waals surface area contributed by atoms with Gasteiger partial charge in [0.15, 0.2) is 11.9 Å². The van der Waals surface area contributed by atoms with Crippen molar-refractivity contribution in [1.29, 1.82) is 0 Å². The van der Waals surface area contributed by atoms with Gasteiger partial charge in [-0.2, -0.15) is 13.2 Å². The predicted molar refractivity (Wildman–Crippen MR) is 121 cm³/mol. The van der Waals surface area contributed by atoms with Crippen molar-refractivity contribution in [2.75, 3.05) is 36.5 Å². The van der Waals surface area contributed by atoms with Crippen LogP contribution in [0.4, 0.5) is 24.7 Å². The summed E-state index contributed by atoms with van der Waals surface area (Å²) >= 11 is 0. The van der Waals surface area contributed by atoms with Crippen LogP contribution in [0.5, 0.6) is 5.75 Å². The number of anilines is 2. The third kappa shape index (κ3) is 5.82. The van der Waals surface area contributed by atoms with Crippen LogP contribution >= 0.6 is 0 Å². The molecule has 1 amide bonds. The van der Waals surface area contributed by atoms with E-state index in [1.807, 2.05) is 18.2 Å². The largest absolute Gasteiger partial charge is 0.481 e. The zero-order valence-corrected chi connectivity index (χ0v) is 18.4. The van der Waals surface area contributed by atoms with Gasteiger partial charge in [0, 0.05) is 24.3 Å². The SMILES string of the molecule is CC(Oc1cccc(C(F)(F)F)c1)C(=O)Nc1cccc(-c2ccc(N3CCOCC3)nn2)c1. The number of amides is 1. The zero-order chi connectivity index (χ0) is 24.1. The molecule has 4 rings (SSSR count). The summed E-state index contributed by atoms with van der Waals surface area (Å²) in [5, 5.41) is 11.3. The fourth-order valence-electron chi connectivity index (χ4n) is 3.44. The lowest BCUT2D eigenvalue weighted by Crippen LogP contribution is -2.36. The lowest BCUT2D eigenvalue weighted by molar-refractivity contribution is -0.137. The van der Waals surface area contributed by atoms with E-state index in [2.05, 4.69) is 20.4 Å². The molecule has 1 aliphatic heterocycles. The maximum Gasteiger partial charge on any atom is 0.416 e. The van der Waals surface area contributed by atoms with E-state index in [1.54, 1.807) is 18.2 Å². The molecular weight excluding hydrogens is 449 g/mol. The minimum Gasteiger partial charge on any atom is -0.481 e. The van der Waals surface area contributed by atoms with Gasteiger partial charge in [-0.25, -0.2) is 0 Å². The number of nitrogens with one attached hydrogen (secondary N) is 1. The van der Waals surface area contributed by atoms with Crippen LogP contribution in [0.2, 0.25) is 0 Å². The molecule has 2 heterocycles. The molecule has 1 unspecified atom stereocenters. The highest BCUT2D eigenvalue weighted by Gasteiger charge is 2.31. The first-order valence-corrected chi connectivity index (χ1v) is 10.7. The van der Waals surface area contributed by atoms with Crippen molar-refractivity contribution in [3.8, 4) is 17.0 Å². The van der Waals surface area contributed by atoms with Crippen LogP contribution in [0.3, 0.4) is 0 Å². The fourth-order valence-corrected chi connectivity index (χ4v) is 3.44. The Hall–Kier alpha value is -3.66. The van der Waals surface area contributed by atoms with Crippen molar-refractivity contribution in [3.05, 3.63) is 66.2 Å². The van der Waals surface area contributed by atoms with Crippen molar-refractivity contribution in [2.45, 2.75) is 19.2 Å². The molecule has 0 radical (unpaired) electrons. The Bertz CT molecular complexity index is 1130. The Morgan fingerprint density at radius 3 is 2.53 bits per heavy atom. The molecule has 0 aliphatic carbocycles. The second-order valence-electron chi connectivity index (χ2n) is 7.73. The zero-order valence-electron chi connectivity index (χ0n) is 18.4. The first kappa shape index (κ1) is 23.5. The van der Waals surface area contributed by atoms with Crippen molar-refractivity contribution in [1.82, 2.24) is 10.2 Å². The molecule has 3 aromatic rings. The number of morpholine rings is 1. The highest BCUT2D eigenvalue weighted by atomic mass is 19.4. The molecule has 1 atom stereocenters. The van der Waals surface area contributed by atoms with E-state index in [1.165, 1.54) is 19.1 Å². The summed E-state index contributed by atoms with van der Waals surface area (Å²) in [5.41, 5.74) is 1.05. The lowest BCUT2D eigenvalue weighted by atomic mass is 10.1. The van der Waals surface area contributed by atoms with E-state index in [9.17, 15) is 18.0 Å². The van der Waals surface area contributed by atoms with Crippen LogP contribution in [0.15, 0.2) is 60.7 Å². The van der Waals surface area contributed by atoms with Gasteiger partial charge in [-0.3, -0.25) is 4.79 Å². The van der Waals surface area contributed by atoms with Gasteiger partial charge in [0.1, 0.15) is 5.75 Å². The number of ether oxygens (including phenoxy) is 2. The van der Waals surface area contributed by atoms with Gasteiger partial charge in [-0.1, -0.05) is 18.2 Å². The molecule has 10 heteroatoms. The summed E-state index contributed by atoms with van der Waals surface area (Å²) in [7, 11) is 0. The molecule has 2 aromatic carbocycles. The third-order valence-electron chi connectivity index (χ3n) is 5.25. The predicted octanol–water partition coefficient (Wildman–Crippen LogP) is 4.41. The number of nitrogens with zero attached hydrogens (tertiary/aromatic N) is 3. The number of benzene rings is 2. The first-order chi connectivity index (χ1) is 16.3. The van der Waals surface area contributed by atoms with E-state index in [0.717, 1.165) is 36.6 Å². The number of halogens is 3. The van der Waals surface area contributed by atoms with Gasteiger partial charge in [0.25, 0.3) is 5.91 Å². The van der Waals surface area contributed by atoms with E-state index in [0.29, 0.717) is 24.6 Å². The van der Waals surface area contributed by atoms with Gasteiger partial charge in [0.05, 0.1) is 24.5 Å². The Morgan fingerprint density at radius 2 is 1.82 bits per heavy atom. The van der Waals surface area contributed by atoms with Crippen LogP contribution in [-0.4, -0.2) is 48.5 Å². The van der Waals surface area contributed by atoms with E-state index < -0.39 is 23.8 Å². The molecule has 1 N–H and O–H groups in total. The van der Waals surface area contributed by atoms with Crippen LogP contribution in [0, 0.1) is 0 Å². The molecule has 1 aromatic heterocycles. The monoisotopic (exact) mass is 472 g/mol. The fraction of sp³-hybridized carbons (Fsp3) is 0.292. The normalized spacial score (nSPS) is 15.0. The number of rotatable bonds is 6. The Morgan fingerprint density at radius 1 is 1.06 bits per heavy atom. The van der Waals surface area contributed by atoms with E-state index in [4.69, 9.17) is 9.47 Å². The average Bonchev–Trinajstić information content (AvgIpc) is 2.84. The first-order valence-electron chi connectivity index (χ1n) is 10.7. The summed E-state index contributed by atoms with van der Waals surface area (Å²) in [6, 6.07) is 15.2. The maximum absolute atomic E-state index is 12.9. The molecule has 1 fully saturated rings. The van der Waals surface area contributed by atoms with Crippen molar-refractivity contribution in [3.63, 3.8) is 0 Å². The summed E-state index contributed by atoms with van der Waals surface area (Å²) in [6.45, 7) is 4.30. The maximum atomic E-state index is 12.9. The summed E-state index contributed by atoms with van der Waals surface area (Å²) < 4.78 is 49.5. The van der Waals surface area contributed by atoms with Gasteiger partial charge < -0.3 is 19.7 Å². The number of aromatic nitrogens is 2. The smallest absolute Gasteiger partial charge is 0.416 e.